The van der Waals surface area contributed by atoms with E-state index in [0.717, 1.165) is 6.04 Å². The molecule has 0 aromatic carbocycles. The number of piperidine rings is 1. The molecule has 1 aliphatic heterocycles. The van der Waals surface area contributed by atoms with Gasteiger partial charge in [-0.1, -0.05) is 29.5 Å². The lowest BCUT2D eigenvalue weighted by atomic mass is 10.1. The number of nitrogens with one attached hydrogen (secondary N) is 1. The molecule has 0 amide bonds. The maximum atomic E-state index is 3.39. The number of nitrogens with zero attached hydrogens (tertiary/aromatic N) is 1. The van der Waals surface area contributed by atoms with Gasteiger partial charge in [-0.25, -0.2) is 0 Å². The second-order valence-corrected chi connectivity index (χ2v) is 3.69. The van der Waals surface area contributed by atoms with Crippen molar-refractivity contribution in [2.45, 2.75) is 25.8 Å². The molecular weight excluding hydrogens is 251 g/mol. The molecule has 1 heterocycles. The number of alkyl halides is 1. The molecule has 0 saturated carbocycles. The number of hydrogen-bond donors (Lipinski definition) is 1. The average Bonchev–Trinajstić information content (AvgIpc) is 2.09. The van der Waals surface area contributed by atoms with Gasteiger partial charge in [-0.3, -0.25) is 4.90 Å². The summed E-state index contributed by atoms with van der Waals surface area (Å²) in [7, 11) is 0. The molecule has 0 radical (unpaired) electrons. The van der Waals surface area contributed by atoms with Gasteiger partial charge in [0.2, 0.25) is 0 Å². The van der Waals surface area contributed by atoms with Crippen molar-refractivity contribution in [1.29, 1.82) is 0 Å². The molecule has 1 aliphatic rings. The number of rotatable bonds is 3. The SMILES string of the molecule is CCN(CI)C1CCNCC1. The quantitative estimate of drug-likeness (QED) is 0.473. The Hall–Kier alpha value is 0.650. The summed E-state index contributed by atoms with van der Waals surface area (Å²) in [6.07, 6.45) is 2.66. The van der Waals surface area contributed by atoms with Crippen LogP contribution in [-0.2, 0) is 0 Å². The number of hydrogen-bond acceptors (Lipinski definition) is 2. The van der Waals surface area contributed by atoms with Crippen LogP contribution in [0.15, 0.2) is 0 Å². The lowest BCUT2D eigenvalue weighted by Gasteiger charge is -2.32. The molecule has 0 aliphatic carbocycles. The minimum atomic E-state index is 0.846. The molecule has 0 spiro atoms. The second-order valence-electron chi connectivity index (χ2n) is 3.01. The Bertz CT molecular complexity index is 98.3. The molecule has 1 saturated heterocycles. The second kappa shape index (κ2) is 5.32. The zero-order chi connectivity index (χ0) is 8.10. The van der Waals surface area contributed by atoms with Crippen molar-refractivity contribution in [3.05, 3.63) is 0 Å². The van der Waals surface area contributed by atoms with E-state index in [-0.39, 0.29) is 0 Å². The van der Waals surface area contributed by atoms with E-state index in [9.17, 15) is 0 Å². The predicted octanol–water partition coefficient (Wildman–Crippen LogP) is 1.45. The first-order chi connectivity index (χ1) is 5.38. The van der Waals surface area contributed by atoms with Crippen molar-refractivity contribution >= 4 is 22.6 Å². The molecule has 0 aromatic rings. The summed E-state index contributed by atoms with van der Waals surface area (Å²) in [5.41, 5.74) is 0. The fraction of sp³-hybridized carbons (Fsp3) is 1.00. The van der Waals surface area contributed by atoms with Crippen molar-refractivity contribution in [3.8, 4) is 0 Å². The van der Waals surface area contributed by atoms with Crippen molar-refractivity contribution in [1.82, 2.24) is 10.2 Å². The minimum Gasteiger partial charge on any atom is -0.317 e. The Balaban J connectivity index is 2.30. The zero-order valence-corrected chi connectivity index (χ0v) is 9.30. The molecule has 0 bridgehead atoms. The van der Waals surface area contributed by atoms with E-state index < -0.39 is 0 Å². The summed E-state index contributed by atoms with van der Waals surface area (Å²) >= 11 is 2.46. The van der Waals surface area contributed by atoms with E-state index >= 15 is 0 Å². The van der Waals surface area contributed by atoms with Crippen LogP contribution in [0.2, 0.25) is 0 Å². The van der Waals surface area contributed by atoms with Gasteiger partial charge in [0.15, 0.2) is 0 Å². The minimum absolute atomic E-state index is 0.846. The first-order valence-electron chi connectivity index (χ1n) is 4.39. The first kappa shape index (κ1) is 9.74. The third-order valence-corrected chi connectivity index (χ3v) is 3.26. The van der Waals surface area contributed by atoms with Crippen LogP contribution >= 0.6 is 22.6 Å². The van der Waals surface area contributed by atoms with Gasteiger partial charge in [-0.05, 0) is 32.5 Å². The molecule has 11 heavy (non-hydrogen) atoms. The highest BCUT2D eigenvalue weighted by Gasteiger charge is 2.17. The Labute approximate surface area is 82.9 Å². The van der Waals surface area contributed by atoms with Gasteiger partial charge < -0.3 is 5.32 Å². The first-order valence-corrected chi connectivity index (χ1v) is 5.91. The highest BCUT2D eigenvalue weighted by atomic mass is 127. The summed E-state index contributed by atoms with van der Waals surface area (Å²) in [4.78, 5) is 2.56. The smallest absolute Gasteiger partial charge is 0.0508 e. The van der Waals surface area contributed by atoms with Crippen LogP contribution in [0.5, 0.6) is 0 Å². The molecule has 1 fully saturated rings. The third kappa shape index (κ3) is 2.87. The van der Waals surface area contributed by atoms with Crippen LogP contribution in [0.25, 0.3) is 0 Å². The van der Waals surface area contributed by atoms with Gasteiger partial charge in [0.05, 0.1) is 4.55 Å². The Morgan fingerprint density at radius 3 is 2.55 bits per heavy atom. The molecule has 1 N–H and O–H groups in total. The van der Waals surface area contributed by atoms with E-state index in [1.165, 1.54) is 37.0 Å². The van der Waals surface area contributed by atoms with Gasteiger partial charge in [-0.2, -0.15) is 0 Å². The molecule has 1 rings (SSSR count). The normalized spacial score (nSPS) is 21.0. The van der Waals surface area contributed by atoms with Gasteiger partial charge in [0.25, 0.3) is 0 Å². The number of halogens is 1. The van der Waals surface area contributed by atoms with Crippen LogP contribution in [0.3, 0.4) is 0 Å². The Kier molecular flexibility index (Phi) is 4.71. The zero-order valence-electron chi connectivity index (χ0n) is 7.15. The van der Waals surface area contributed by atoms with E-state index in [1.54, 1.807) is 0 Å². The van der Waals surface area contributed by atoms with E-state index in [2.05, 4.69) is 39.7 Å². The van der Waals surface area contributed by atoms with Crippen LogP contribution in [0.4, 0.5) is 0 Å². The van der Waals surface area contributed by atoms with Crippen LogP contribution in [0, 0.1) is 0 Å². The van der Waals surface area contributed by atoms with Crippen molar-refractivity contribution in [3.63, 3.8) is 0 Å². The van der Waals surface area contributed by atoms with Gasteiger partial charge >= 0.3 is 0 Å². The fourth-order valence-corrected chi connectivity index (χ4v) is 2.65. The van der Waals surface area contributed by atoms with Crippen LogP contribution < -0.4 is 5.32 Å². The third-order valence-electron chi connectivity index (χ3n) is 2.38. The van der Waals surface area contributed by atoms with Crippen LogP contribution in [-0.4, -0.2) is 35.1 Å². The molecule has 0 atom stereocenters. The fourth-order valence-electron chi connectivity index (χ4n) is 1.61. The van der Waals surface area contributed by atoms with Gasteiger partial charge in [0, 0.05) is 6.04 Å². The lowest BCUT2D eigenvalue weighted by Crippen LogP contribution is -2.42. The average molecular weight is 268 g/mol. The predicted molar refractivity (Wildman–Crippen MR) is 57.2 cm³/mol. The standard InChI is InChI=1S/C8H17IN2/c1-2-11(7-9)8-3-5-10-6-4-8/h8,10H,2-7H2,1H3. The molecule has 2 nitrogen and oxygen atoms in total. The van der Waals surface area contributed by atoms with Crippen molar-refractivity contribution in [2.75, 3.05) is 24.2 Å². The van der Waals surface area contributed by atoms with Gasteiger partial charge in [-0.15, -0.1) is 0 Å². The summed E-state index contributed by atoms with van der Waals surface area (Å²) in [6.45, 7) is 5.86. The molecule has 3 heteroatoms. The van der Waals surface area contributed by atoms with Crippen molar-refractivity contribution < 1.29 is 0 Å². The largest absolute Gasteiger partial charge is 0.317 e. The molecular formula is C8H17IN2. The summed E-state index contributed by atoms with van der Waals surface area (Å²) in [5.74, 6) is 0. The maximum absolute atomic E-state index is 3.39. The van der Waals surface area contributed by atoms with Crippen molar-refractivity contribution in [2.24, 2.45) is 0 Å². The Morgan fingerprint density at radius 1 is 1.45 bits per heavy atom. The van der Waals surface area contributed by atoms with Crippen LogP contribution in [0.1, 0.15) is 19.8 Å². The van der Waals surface area contributed by atoms with Gasteiger partial charge in [0.1, 0.15) is 0 Å². The Morgan fingerprint density at radius 2 is 2.09 bits per heavy atom. The highest BCUT2D eigenvalue weighted by molar-refractivity contribution is 14.1. The van der Waals surface area contributed by atoms with E-state index in [0.29, 0.717) is 0 Å². The summed E-state index contributed by atoms with van der Waals surface area (Å²) in [5, 5.41) is 3.39. The molecule has 0 aromatic heterocycles. The van der Waals surface area contributed by atoms with E-state index in [4.69, 9.17) is 0 Å². The molecule has 0 unspecified atom stereocenters. The van der Waals surface area contributed by atoms with E-state index in [1.807, 2.05) is 0 Å². The lowest BCUT2D eigenvalue weighted by molar-refractivity contribution is 0.204. The topological polar surface area (TPSA) is 15.3 Å². The highest BCUT2D eigenvalue weighted by Crippen LogP contribution is 2.12. The summed E-state index contributed by atoms with van der Waals surface area (Å²) < 4.78 is 1.18. The monoisotopic (exact) mass is 268 g/mol. The molecule has 66 valence electrons. The maximum Gasteiger partial charge on any atom is 0.0508 e. The summed E-state index contributed by atoms with van der Waals surface area (Å²) in [6, 6.07) is 0.846.